The number of hydrogen-bond donors (Lipinski definition) is 1. The number of halogens is 1. The molecule has 0 aliphatic rings. The Morgan fingerprint density at radius 1 is 1.35 bits per heavy atom. The molecular weight excluding hydrogens is 280 g/mol. The molecule has 0 aliphatic heterocycles. The molecule has 2 aromatic rings. The van der Waals surface area contributed by atoms with Crippen LogP contribution in [0.25, 0.3) is 0 Å². The molecule has 6 heteroatoms. The molecule has 0 saturated carbocycles. The maximum atomic E-state index is 11.4. The monoisotopic (exact) mass is 292 g/mol. The normalized spacial score (nSPS) is 10.1. The van der Waals surface area contributed by atoms with E-state index in [1.807, 2.05) is 0 Å². The van der Waals surface area contributed by atoms with E-state index in [9.17, 15) is 4.79 Å². The summed E-state index contributed by atoms with van der Waals surface area (Å²) >= 11 is 5.70. The van der Waals surface area contributed by atoms with Gasteiger partial charge in [-0.2, -0.15) is 0 Å². The number of ether oxygens (including phenoxy) is 2. The molecule has 2 rings (SSSR count). The lowest BCUT2D eigenvalue weighted by Crippen LogP contribution is -2.13. The minimum atomic E-state index is -0.576. The van der Waals surface area contributed by atoms with Crippen molar-refractivity contribution in [2.75, 3.05) is 7.11 Å². The number of rotatable bonds is 5. The summed E-state index contributed by atoms with van der Waals surface area (Å²) in [5.41, 5.74) is 6.43. The van der Waals surface area contributed by atoms with E-state index in [1.54, 1.807) is 30.5 Å². The van der Waals surface area contributed by atoms with Gasteiger partial charge in [0, 0.05) is 11.8 Å². The molecule has 20 heavy (non-hydrogen) atoms. The van der Waals surface area contributed by atoms with Crippen molar-refractivity contribution in [3.63, 3.8) is 0 Å². The van der Waals surface area contributed by atoms with Crippen LogP contribution in [0.4, 0.5) is 0 Å². The fourth-order valence-electron chi connectivity index (χ4n) is 1.61. The third kappa shape index (κ3) is 3.39. The molecule has 0 saturated heterocycles. The highest BCUT2D eigenvalue weighted by molar-refractivity contribution is 6.29. The van der Waals surface area contributed by atoms with Crippen LogP contribution in [0.15, 0.2) is 36.5 Å². The van der Waals surface area contributed by atoms with E-state index in [4.69, 9.17) is 26.8 Å². The first-order valence-corrected chi connectivity index (χ1v) is 6.19. The molecule has 0 aliphatic carbocycles. The molecule has 2 N–H and O–H groups in total. The van der Waals surface area contributed by atoms with Crippen LogP contribution in [0.3, 0.4) is 0 Å². The number of methoxy groups -OCH3 is 1. The lowest BCUT2D eigenvalue weighted by Gasteiger charge is -2.11. The van der Waals surface area contributed by atoms with Crippen molar-refractivity contribution in [2.45, 2.75) is 6.61 Å². The molecule has 1 aromatic heterocycles. The highest BCUT2D eigenvalue weighted by Crippen LogP contribution is 2.24. The Labute approximate surface area is 121 Å². The average molecular weight is 293 g/mol. The van der Waals surface area contributed by atoms with Gasteiger partial charge >= 0.3 is 0 Å². The Morgan fingerprint density at radius 3 is 2.75 bits per heavy atom. The van der Waals surface area contributed by atoms with Crippen LogP contribution in [-0.2, 0) is 6.61 Å². The first kappa shape index (κ1) is 14.1. The number of benzene rings is 1. The zero-order valence-electron chi connectivity index (χ0n) is 10.8. The quantitative estimate of drug-likeness (QED) is 0.859. The summed E-state index contributed by atoms with van der Waals surface area (Å²) < 4.78 is 10.6. The van der Waals surface area contributed by atoms with Gasteiger partial charge in [-0.25, -0.2) is 4.98 Å². The number of aromatic nitrogens is 1. The molecule has 104 valence electrons. The van der Waals surface area contributed by atoms with Crippen molar-refractivity contribution >= 4 is 17.5 Å². The second-order valence-corrected chi connectivity index (χ2v) is 4.39. The summed E-state index contributed by atoms with van der Waals surface area (Å²) in [6.45, 7) is 0.261. The maximum absolute atomic E-state index is 11.4. The fourth-order valence-corrected chi connectivity index (χ4v) is 1.72. The van der Waals surface area contributed by atoms with E-state index in [2.05, 4.69) is 4.98 Å². The number of carbonyl (C=O) groups excluding carboxylic acids is 1. The van der Waals surface area contributed by atoms with Crippen LogP contribution in [0.2, 0.25) is 5.15 Å². The van der Waals surface area contributed by atoms with Crippen LogP contribution in [0.1, 0.15) is 15.9 Å². The third-order valence-corrected chi connectivity index (χ3v) is 2.86. The van der Waals surface area contributed by atoms with Gasteiger partial charge in [-0.05, 0) is 24.3 Å². The van der Waals surface area contributed by atoms with Gasteiger partial charge in [0.1, 0.15) is 23.3 Å². The summed E-state index contributed by atoms with van der Waals surface area (Å²) in [6.07, 6.45) is 1.61. The Kier molecular flexibility index (Phi) is 4.42. The van der Waals surface area contributed by atoms with Gasteiger partial charge in [0.15, 0.2) is 0 Å². The third-order valence-electron chi connectivity index (χ3n) is 2.64. The van der Waals surface area contributed by atoms with Crippen molar-refractivity contribution < 1.29 is 14.3 Å². The lowest BCUT2D eigenvalue weighted by atomic mass is 10.2. The molecule has 1 aromatic carbocycles. The number of amides is 1. The van der Waals surface area contributed by atoms with Crippen LogP contribution in [0.5, 0.6) is 11.5 Å². The second-order valence-electron chi connectivity index (χ2n) is 4.00. The summed E-state index contributed by atoms with van der Waals surface area (Å²) in [6, 6.07) is 8.34. The van der Waals surface area contributed by atoms with Gasteiger partial charge in [0.05, 0.1) is 12.7 Å². The van der Waals surface area contributed by atoms with Crippen molar-refractivity contribution in [1.29, 1.82) is 0 Å². The summed E-state index contributed by atoms with van der Waals surface area (Å²) in [5.74, 6) is 0.362. The predicted octanol–water partition coefficient (Wildman–Crippen LogP) is 2.42. The van der Waals surface area contributed by atoms with E-state index in [1.165, 1.54) is 13.2 Å². The van der Waals surface area contributed by atoms with Gasteiger partial charge in [0.2, 0.25) is 0 Å². The van der Waals surface area contributed by atoms with Gasteiger partial charge < -0.3 is 15.2 Å². The van der Waals surface area contributed by atoms with E-state index < -0.39 is 5.91 Å². The highest BCUT2D eigenvalue weighted by atomic mass is 35.5. The molecule has 1 amide bonds. The second kappa shape index (κ2) is 6.25. The SMILES string of the molecule is COc1ccc(OCc2ccc(Cl)nc2)c(C(N)=O)c1. The summed E-state index contributed by atoms with van der Waals surface area (Å²) in [5, 5.41) is 0.413. The molecule has 0 atom stereocenters. The van der Waals surface area contributed by atoms with Crippen molar-refractivity contribution in [1.82, 2.24) is 4.98 Å². The topological polar surface area (TPSA) is 74.4 Å². The highest BCUT2D eigenvalue weighted by Gasteiger charge is 2.11. The predicted molar refractivity (Wildman–Crippen MR) is 75.1 cm³/mol. The molecule has 0 radical (unpaired) electrons. The first-order chi connectivity index (χ1) is 9.60. The molecule has 0 spiro atoms. The number of carbonyl (C=O) groups is 1. The molecule has 0 unspecified atom stereocenters. The van der Waals surface area contributed by atoms with Crippen LogP contribution >= 0.6 is 11.6 Å². The number of hydrogen-bond acceptors (Lipinski definition) is 4. The molecular formula is C14H13ClN2O3. The molecule has 1 heterocycles. The minimum absolute atomic E-state index is 0.261. The Bertz CT molecular complexity index is 614. The molecule has 0 fully saturated rings. The van der Waals surface area contributed by atoms with Gasteiger partial charge in [-0.1, -0.05) is 17.7 Å². The number of nitrogens with zero attached hydrogens (tertiary/aromatic N) is 1. The zero-order chi connectivity index (χ0) is 14.5. The Balaban J connectivity index is 2.16. The van der Waals surface area contributed by atoms with Crippen LogP contribution in [-0.4, -0.2) is 18.0 Å². The van der Waals surface area contributed by atoms with Gasteiger partial charge in [0.25, 0.3) is 5.91 Å². The number of nitrogens with two attached hydrogens (primary N) is 1. The fraction of sp³-hybridized carbons (Fsp3) is 0.143. The average Bonchev–Trinajstić information content (AvgIpc) is 2.46. The van der Waals surface area contributed by atoms with Crippen molar-refractivity contribution in [2.24, 2.45) is 5.73 Å². The molecule has 5 nitrogen and oxygen atoms in total. The Morgan fingerprint density at radius 2 is 2.15 bits per heavy atom. The molecule has 0 bridgehead atoms. The standard InChI is InChI=1S/C14H13ClN2O3/c1-19-10-3-4-12(11(6-10)14(16)18)20-8-9-2-5-13(15)17-7-9/h2-7H,8H2,1H3,(H2,16,18). The minimum Gasteiger partial charge on any atom is -0.497 e. The number of primary amides is 1. The van der Waals surface area contributed by atoms with Crippen molar-refractivity contribution in [3.05, 3.63) is 52.8 Å². The van der Waals surface area contributed by atoms with E-state index in [0.29, 0.717) is 16.7 Å². The zero-order valence-corrected chi connectivity index (χ0v) is 11.6. The van der Waals surface area contributed by atoms with Crippen molar-refractivity contribution in [3.8, 4) is 11.5 Å². The smallest absolute Gasteiger partial charge is 0.252 e. The maximum Gasteiger partial charge on any atom is 0.252 e. The number of pyridine rings is 1. The van der Waals surface area contributed by atoms with E-state index in [-0.39, 0.29) is 12.2 Å². The van der Waals surface area contributed by atoms with Gasteiger partial charge in [-0.15, -0.1) is 0 Å². The van der Waals surface area contributed by atoms with Gasteiger partial charge in [-0.3, -0.25) is 4.79 Å². The van der Waals surface area contributed by atoms with E-state index in [0.717, 1.165) is 5.56 Å². The van der Waals surface area contributed by atoms with Crippen LogP contribution in [0, 0.1) is 0 Å². The summed E-state index contributed by atoms with van der Waals surface area (Å²) in [4.78, 5) is 15.4. The Hall–Kier alpha value is -2.27. The largest absolute Gasteiger partial charge is 0.497 e. The summed E-state index contributed by atoms with van der Waals surface area (Å²) in [7, 11) is 1.51. The van der Waals surface area contributed by atoms with E-state index >= 15 is 0 Å². The lowest BCUT2D eigenvalue weighted by molar-refractivity contribution is 0.0995. The first-order valence-electron chi connectivity index (χ1n) is 5.81. The van der Waals surface area contributed by atoms with Crippen LogP contribution < -0.4 is 15.2 Å².